The molecular formula is C19H18N2O4. The van der Waals surface area contributed by atoms with Crippen LogP contribution in [0.15, 0.2) is 53.1 Å². The highest BCUT2D eigenvalue weighted by Gasteiger charge is 2.21. The molecule has 25 heavy (non-hydrogen) atoms. The monoisotopic (exact) mass is 338 g/mol. The number of hydrogen-bond acceptors (Lipinski definition) is 4. The van der Waals surface area contributed by atoms with Crippen molar-refractivity contribution < 1.29 is 19.2 Å². The molecule has 0 aliphatic carbocycles. The van der Waals surface area contributed by atoms with Gasteiger partial charge in [0.05, 0.1) is 6.42 Å². The summed E-state index contributed by atoms with van der Waals surface area (Å²) in [5.41, 5.74) is 2.98. The van der Waals surface area contributed by atoms with Crippen LogP contribution in [0.1, 0.15) is 16.8 Å². The van der Waals surface area contributed by atoms with Crippen LogP contribution in [-0.2, 0) is 22.4 Å². The van der Waals surface area contributed by atoms with E-state index in [1.165, 1.54) is 0 Å². The highest BCUT2D eigenvalue weighted by molar-refractivity contribution is 5.89. The van der Waals surface area contributed by atoms with Gasteiger partial charge in [-0.05, 0) is 24.6 Å². The summed E-state index contributed by atoms with van der Waals surface area (Å²) >= 11 is 0. The second-order valence-corrected chi connectivity index (χ2v) is 5.95. The van der Waals surface area contributed by atoms with Crippen LogP contribution in [0.5, 0.6) is 0 Å². The molecule has 6 nitrogen and oxygen atoms in total. The van der Waals surface area contributed by atoms with Gasteiger partial charge in [-0.3, -0.25) is 4.79 Å². The van der Waals surface area contributed by atoms with E-state index in [9.17, 15) is 14.7 Å². The van der Waals surface area contributed by atoms with Gasteiger partial charge in [0.2, 0.25) is 5.91 Å². The third-order valence-corrected chi connectivity index (χ3v) is 3.94. The predicted octanol–water partition coefficient (Wildman–Crippen LogP) is 2.49. The minimum atomic E-state index is -1.07. The third-order valence-electron chi connectivity index (χ3n) is 3.94. The van der Waals surface area contributed by atoms with Crippen molar-refractivity contribution in [3.05, 3.63) is 65.4 Å². The van der Waals surface area contributed by atoms with Crippen LogP contribution in [-0.4, -0.2) is 28.2 Å². The maximum atomic E-state index is 12.3. The first kappa shape index (κ1) is 16.7. The fourth-order valence-corrected chi connectivity index (χ4v) is 2.68. The number of fused-ring (bicyclic) bond motifs is 1. The molecule has 1 unspecified atom stereocenters. The maximum Gasteiger partial charge on any atom is 0.326 e. The van der Waals surface area contributed by atoms with Crippen molar-refractivity contribution in [2.24, 2.45) is 0 Å². The summed E-state index contributed by atoms with van der Waals surface area (Å²) in [4.78, 5) is 23.7. The first-order chi connectivity index (χ1) is 12.0. The third kappa shape index (κ3) is 4.03. The van der Waals surface area contributed by atoms with Gasteiger partial charge < -0.3 is 14.9 Å². The lowest BCUT2D eigenvalue weighted by molar-refractivity contribution is -0.141. The summed E-state index contributed by atoms with van der Waals surface area (Å²) in [6.45, 7) is 1.94. The molecule has 3 rings (SSSR count). The average molecular weight is 338 g/mol. The average Bonchev–Trinajstić information content (AvgIpc) is 2.97. The van der Waals surface area contributed by atoms with Crippen LogP contribution in [0.4, 0.5) is 0 Å². The van der Waals surface area contributed by atoms with Gasteiger partial charge in [-0.25, -0.2) is 4.79 Å². The van der Waals surface area contributed by atoms with E-state index in [0.29, 0.717) is 11.3 Å². The summed E-state index contributed by atoms with van der Waals surface area (Å²) in [6, 6.07) is 13.8. The molecule has 0 saturated carbocycles. The second-order valence-electron chi connectivity index (χ2n) is 5.95. The van der Waals surface area contributed by atoms with Gasteiger partial charge in [0.15, 0.2) is 5.58 Å². The molecule has 1 amide bonds. The molecule has 3 aromatic rings. The Morgan fingerprint density at radius 3 is 2.68 bits per heavy atom. The van der Waals surface area contributed by atoms with Crippen molar-refractivity contribution in [3.8, 4) is 0 Å². The summed E-state index contributed by atoms with van der Waals surface area (Å²) in [7, 11) is 0. The van der Waals surface area contributed by atoms with E-state index in [4.69, 9.17) is 4.52 Å². The molecule has 1 aromatic heterocycles. The number of nitrogens with one attached hydrogen (secondary N) is 1. The van der Waals surface area contributed by atoms with E-state index in [-0.39, 0.29) is 12.8 Å². The maximum absolute atomic E-state index is 12.3. The highest BCUT2D eigenvalue weighted by Crippen LogP contribution is 2.20. The van der Waals surface area contributed by atoms with E-state index in [1.807, 2.05) is 49.4 Å². The van der Waals surface area contributed by atoms with Gasteiger partial charge in [0, 0.05) is 11.8 Å². The number of amides is 1. The molecule has 0 aliphatic rings. The van der Waals surface area contributed by atoms with Crippen molar-refractivity contribution in [2.45, 2.75) is 25.8 Å². The number of carbonyl (C=O) groups excluding carboxylic acids is 1. The largest absolute Gasteiger partial charge is 0.480 e. The summed E-state index contributed by atoms with van der Waals surface area (Å²) in [5, 5.41) is 16.6. The molecular weight excluding hydrogens is 320 g/mol. The Labute approximate surface area is 144 Å². The smallest absolute Gasteiger partial charge is 0.326 e. The van der Waals surface area contributed by atoms with Gasteiger partial charge in [-0.2, -0.15) is 0 Å². The molecule has 1 heterocycles. The molecule has 2 aromatic carbocycles. The Bertz CT molecular complexity index is 902. The first-order valence-electron chi connectivity index (χ1n) is 7.94. The quantitative estimate of drug-likeness (QED) is 0.720. The van der Waals surface area contributed by atoms with E-state index < -0.39 is 17.9 Å². The Hall–Kier alpha value is -3.15. The van der Waals surface area contributed by atoms with Crippen molar-refractivity contribution in [1.82, 2.24) is 10.5 Å². The van der Waals surface area contributed by atoms with Gasteiger partial charge in [0.25, 0.3) is 0 Å². The number of aromatic nitrogens is 1. The lowest BCUT2D eigenvalue weighted by atomic mass is 10.1. The van der Waals surface area contributed by atoms with Gasteiger partial charge in [-0.15, -0.1) is 0 Å². The minimum absolute atomic E-state index is 0.0327. The normalized spacial score (nSPS) is 12.0. The zero-order chi connectivity index (χ0) is 17.8. The summed E-state index contributed by atoms with van der Waals surface area (Å²) in [5.74, 6) is -1.47. The van der Waals surface area contributed by atoms with Gasteiger partial charge >= 0.3 is 5.97 Å². The fraction of sp³-hybridized carbons (Fsp3) is 0.211. The zero-order valence-corrected chi connectivity index (χ0v) is 13.7. The second kappa shape index (κ2) is 7.17. The lowest BCUT2D eigenvalue weighted by Gasteiger charge is -2.14. The number of aliphatic carboxylic acids is 1. The molecule has 6 heteroatoms. The summed E-state index contributed by atoms with van der Waals surface area (Å²) in [6.07, 6.45) is 0.190. The topological polar surface area (TPSA) is 92.4 Å². The number of rotatable bonds is 6. The molecule has 128 valence electrons. The number of aryl methyl sites for hydroxylation is 1. The lowest BCUT2D eigenvalue weighted by Crippen LogP contribution is -2.43. The van der Waals surface area contributed by atoms with Crippen LogP contribution in [0.2, 0.25) is 0 Å². The SMILES string of the molecule is Cc1ccc2onc(CC(=O)NC(Cc3ccccc3)C(=O)O)c2c1. The Balaban J connectivity index is 1.71. The first-order valence-corrected chi connectivity index (χ1v) is 7.94. The van der Waals surface area contributed by atoms with E-state index in [1.54, 1.807) is 6.07 Å². The number of hydrogen-bond donors (Lipinski definition) is 2. The molecule has 0 fully saturated rings. The Kier molecular flexibility index (Phi) is 4.79. The van der Waals surface area contributed by atoms with Crippen LogP contribution >= 0.6 is 0 Å². The van der Waals surface area contributed by atoms with Gasteiger partial charge in [-0.1, -0.05) is 47.1 Å². The molecule has 1 atom stereocenters. The highest BCUT2D eigenvalue weighted by atomic mass is 16.5. The van der Waals surface area contributed by atoms with Crippen molar-refractivity contribution in [1.29, 1.82) is 0 Å². The fourth-order valence-electron chi connectivity index (χ4n) is 2.68. The van der Waals surface area contributed by atoms with Crippen LogP contribution in [0.25, 0.3) is 11.0 Å². The number of carboxylic acids is 1. The van der Waals surface area contributed by atoms with Crippen molar-refractivity contribution in [2.75, 3.05) is 0 Å². The number of carboxylic acid groups (broad SMARTS) is 1. The van der Waals surface area contributed by atoms with Gasteiger partial charge in [0.1, 0.15) is 11.7 Å². The number of carbonyl (C=O) groups is 2. The zero-order valence-electron chi connectivity index (χ0n) is 13.7. The molecule has 2 N–H and O–H groups in total. The van der Waals surface area contributed by atoms with Crippen LogP contribution in [0.3, 0.4) is 0 Å². The van der Waals surface area contributed by atoms with E-state index in [0.717, 1.165) is 16.5 Å². The predicted molar refractivity (Wildman–Crippen MR) is 92.2 cm³/mol. The van der Waals surface area contributed by atoms with Crippen LogP contribution in [0, 0.1) is 6.92 Å². The van der Waals surface area contributed by atoms with E-state index in [2.05, 4.69) is 10.5 Å². The molecule has 0 bridgehead atoms. The minimum Gasteiger partial charge on any atom is -0.480 e. The Morgan fingerprint density at radius 1 is 1.20 bits per heavy atom. The summed E-state index contributed by atoms with van der Waals surface area (Å²) < 4.78 is 5.21. The standard InChI is InChI=1S/C19H18N2O4/c1-12-7-8-17-14(9-12)15(21-25-17)11-18(22)20-16(19(23)24)10-13-5-3-2-4-6-13/h2-9,16H,10-11H2,1H3,(H,20,22)(H,23,24). The molecule has 0 radical (unpaired) electrons. The van der Waals surface area contributed by atoms with Crippen LogP contribution < -0.4 is 5.32 Å². The molecule has 0 aliphatic heterocycles. The molecule has 0 saturated heterocycles. The number of nitrogens with zero attached hydrogens (tertiary/aromatic N) is 1. The number of benzene rings is 2. The van der Waals surface area contributed by atoms with Crippen molar-refractivity contribution in [3.63, 3.8) is 0 Å². The molecule has 0 spiro atoms. The van der Waals surface area contributed by atoms with Crippen molar-refractivity contribution >= 4 is 22.8 Å². The Morgan fingerprint density at radius 2 is 1.96 bits per heavy atom. The van der Waals surface area contributed by atoms with E-state index >= 15 is 0 Å².